The molecule has 2 aromatic rings. The van der Waals surface area contributed by atoms with E-state index in [1.54, 1.807) is 11.8 Å². The lowest BCUT2D eigenvalue weighted by Gasteiger charge is -2.14. The molecule has 0 amide bonds. The van der Waals surface area contributed by atoms with E-state index in [2.05, 4.69) is 63.0 Å². The minimum absolute atomic E-state index is 0.287. The van der Waals surface area contributed by atoms with E-state index < -0.39 is 0 Å². The number of thiocarbonyl (C=S) groups is 1. The quantitative estimate of drug-likeness (QED) is 0.657. The number of anilines is 1. The number of rotatable bonds is 5. The van der Waals surface area contributed by atoms with Gasteiger partial charge in [0.1, 0.15) is 0 Å². The van der Waals surface area contributed by atoms with Gasteiger partial charge in [0.2, 0.25) is 0 Å². The van der Waals surface area contributed by atoms with Crippen molar-refractivity contribution in [3.8, 4) is 0 Å². The van der Waals surface area contributed by atoms with Gasteiger partial charge in [-0.1, -0.05) is 27.7 Å². The molecule has 1 aliphatic heterocycles. The van der Waals surface area contributed by atoms with Crippen LogP contribution in [0, 0.1) is 0 Å². The number of hydrogen-bond donors (Lipinski definition) is 2. The van der Waals surface area contributed by atoms with Crippen LogP contribution in [-0.4, -0.2) is 24.4 Å². The standard InChI is InChI=1S/C18H19BrN2OS2/c19-13-3-7-16(8-4-13)24-17-9-5-14(6-10-17)21-18(23)20-12-15-2-1-11-22-15/h3-10,15H,1-2,11-12H2,(H2,20,21,23). The average Bonchev–Trinajstić information content (AvgIpc) is 3.10. The predicted octanol–water partition coefficient (Wildman–Crippen LogP) is 5.07. The van der Waals surface area contributed by atoms with Gasteiger partial charge in [-0.25, -0.2) is 0 Å². The van der Waals surface area contributed by atoms with Crippen molar-refractivity contribution in [2.75, 3.05) is 18.5 Å². The van der Waals surface area contributed by atoms with Crippen LogP contribution >= 0.6 is 39.9 Å². The van der Waals surface area contributed by atoms with Crippen LogP contribution in [0.3, 0.4) is 0 Å². The van der Waals surface area contributed by atoms with Gasteiger partial charge in [-0.2, -0.15) is 0 Å². The van der Waals surface area contributed by atoms with Gasteiger partial charge in [0, 0.05) is 33.1 Å². The van der Waals surface area contributed by atoms with Crippen molar-refractivity contribution in [3.63, 3.8) is 0 Å². The molecule has 0 spiro atoms. The van der Waals surface area contributed by atoms with Crippen LogP contribution in [0.1, 0.15) is 12.8 Å². The van der Waals surface area contributed by atoms with E-state index >= 15 is 0 Å². The van der Waals surface area contributed by atoms with E-state index in [4.69, 9.17) is 17.0 Å². The highest BCUT2D eigenvalue weighted by Crippen LogP contribution is 2.29. The van der Waals surface area contributed by atoms with Gasteiger partial charge >= 0.3 is 0 Å². The van der Waals surface area contributed by atoms with Crippen molar-refractivity contribution in [1.82, 2.24) is 5.32 Å². The molecule has 1 fully saturated rings. The third-order valence-corrected chi connectivity index (χ3v) is 5.47. The van der Waals surface area contributed by atoms with Crippen molar-refractivity contribution >= 4 is 50.7 Å². The molecule has 2 aromatic carbocycles. The Labute approximate surface area is 160 Å². The van der Waals surface area contributed by atoms with Crippen LogP contribution in [0.4, 0.5) is 5.69 Å². The number of nitrogens with one attached hydrogen (secondary N) is 2. The largest absolute Gasteiger partial charge is 0.376 e. The summed E-state index contributed by atoms with van der Waals surface area (Å²) < 4.78 is 6.67. The first-order valence-electron chi connectivity index (χ1n) is 7.89. The Bertz CT molecular complexity index is 670. The van der Waals surface area contributed by atoms with Gasteiger partial charge in [-0.15, -0.1) is 0 Å². The van der Waals surface area contributed by atoms with Crippen LogP contribution in [-0.2, 0) is 4.74 Å². The van der Waals surface area contributed by atoms with Crippen LogP contribution < -0.4 is 10.6 Å². The normalized spacial score (nSPS) is 16.8. The van der Waals surface area contributed by atoms with E-state index in [-0.39, 0.29) is 6.10 Å². The third kappa shape index (κ3) is 5.48. The Morgan fingerprint density at radius 1 is 1.12 bits per heavy atom. The summed E-state index contributed by atoms with van der Waals surface area (Å²) in [5.74, 6) is 0. The maximum Gasteiger partial charge on any atom is 0.170 e. The van der Waals surface area contributed by atoms with Gasteiger partial charge in [0.25, 0.3) is 0 Å². The number of benzene rings is 2. The molecule has 0 bridgehead atoms. The molecule has 0 saturated carbocycles. The smallest absolute Gasteiger partial charge is 0.170 e. The second kappa shape index (κ2) is 8.85. The van der Waals surface area contributed by atoms with E-state index in [1.807, 2.05) is 12.1 Å². The maximum atomic E-state index is 5.58. The van der Waals surface area contributed by atoms with Gasteiger partial charge in [0.15, 0.2) is 5.11 Å². The minimum atomic E-state index is 0.287. The number of halogens is 1. The zero-order valence-corrected chi connectivity index (χ0v) is 16.3. The molecule has 3 nitrogen and oxygen atoms in total. The monoisotopic (exact) mass is 422 g/mol. The summed E-state index contributed by atoms with van der Waals surface area (Å²) in [6.07, 6.45) is 2.54. The van der Waals surface area contributed by atoms with E-state index in [9.17, 15) is 0 Å². The lowest BCUT2D eigenvalue weighted by atomic mass is 10.2. The summed E-state index contributed by atoms with van der Waals surface area (Å²) in [4.78, 5) is 2.41. The molecule has 6 heteroatoms. The topological polar surface area (TPSA) is 33.3 Å². The predicted molar refractivity (Wildman–Crippen MR) is 108 cm³/mol. The molecule has 2 N–H and O–H groups in total. The molecule has 3 rings (SSSR count). The van der Waals surface area contributed by atoms with Gasteiger partial charge in [-0.05, 0) is 73.6 Å². The Balaban J connectivity index is 1.48. The molecule has 0 radical (unpaired) electrons. The molecule has 1 atom stereocenters. The first-order chi connectivity index (χ1) is 11.7. The van der Waals surface area contributed by atoms with E-state index in [0.29, 0.717) is 5.11 Å². The highest BCUT2D eigenvalue weighted by Gasteiger charge is 2.15. The van der Waals surface area contributed by atoms with Crippen molar-refractivity contribution in [3.05, 3.63) is 53.0 Å². The summed E-state index contributed by atoms with van der Waals surface area (Å²) in [5, 5.41) is 7.07. The van der Waals surface area contributed by atoms with Crippen molar-refractivity contribution in [2.24, 2.45) is 0 Å². The van der Waals surface area contributed by atoms with Crippen molar-refractivity contribution in [2.45, 2.75) is 28.7 Å². The molecule has 24 heavy (non-hydrogen) atoms. The molecule has 1 saturated heterocycles. The van der Waals surface area contributed by atoms with Crippen LogP contribution in [0.2, 0.25) is 0 Å². The van der Waals surface area contributed by atoms with Crippen molar-refractivity contribution < 1.29 is 4.74 Å². The van der Waals surface area contributed by atoms with Gasteiger partial charge < -0.3 is 15.4 Å². The first-order valence-corrected chi connectivity index (χ1v) is 9.91. The highest BCUT2D eigenvalue weighted by atomic mass is 79.9. The molecular weight excluding hydrogens is 404 g/mol. The Hall–Kier alpha value is -1.08. The first kappa shape index (κ1) is 17.7. The zero-order valence-electron chi connectivity index (χ0n) is 13.1. The number of ether oxygens (including phenoxy) is 1. The summed E-state index contributed by atoms with van der Waals surface area (Å²) in [7, 11) is 0. The van der Waals surface area contributed by atoms with Crippen molar-refractivity contribution in [1.29, 1.82) is 0 Å². The van der Waals surface area contributed by atoms with Gasteiger partial charge in [0.05, 0.1) is 6.10 Å². The average molecular weight is 423 g/mol. The lowest BCUT2D eigenvalue weighted by molar-refractivity contribution is 0.114. The fourth-order valence-electron chi connectivity index (χ4n) is 2.43. The minimum Gasteiger partial charge on any atom is -0.376 e. The highest BCUT2D eigenvalue weighted by molar-refractivity contribution is 9.10. The Morgan fingerprint density at radius 3 is 2.42 bits per heavy atom. The lowest BCUT2D eigenvalue weighted by Crippen LogP contribution is -2.34. The second-order valence-electron chi connectivity index (χ2n) is 5.55. The van der Waals surface area contributed by atoms with E-state index in [0.717, 1.165) is 36.2 Å². The fraction of sp³-hybridized carbons (Fsp3) is 0.278. The molecule has 0 aliphatic carbocycles. The molecule has 126 valence electrons. The Morgan fingerprint density at radius 2 is 1.79 bits per heavy atom. The van der Waals surface area contributed by atoms with Crippen LogP contribution in [0.15, 0.2) is 62.8 Å². The summed E-state index contributed by atoms with van der Waals surface area (Å²) in [6, 6.07) is 16.6. The summed E-state index contributed by atoms with van der Waals surface area (Å²) in [5.41, 5.74) is 0.986. The number of hydrogen-bond acceptors (Lipinski definition) is 3. The van der Waals surface area contributed by atoms with Crippen LogP contribution in [0.5, 0.6) is 0 Å². The molecule has 1 aliphatic rings. The summed E-state index contributed by atoms with van der Waals surface area (Å²) in [6.45, 7) is 1.63. The van der Waals surface area contributed by atoms with Gasteiger partial charge in [-0.3, -0.25) is 0 Å². The SMILES string of the molecule is S=C(NCC1CCCO1)Nc1ccc(Sc2ccc(Br)cc2)cc1. The second-order valence-corrected chi connectivity index (χ2v) is 8.02. The van der Waals surface area contributed by atoms with Crippen LogP contribution in [0.25, 0.3) is 0 Å². The molecular formula is C18H19BrN2OS2. The fourth-order valence-corrected chi connectivity index (χ4v) is 3.71. The Kier molecular flexibility index (Phi) is 6.54. The van der Waals surface area contributed by atoms with E-state index in [1.165, 1.54) is 9.79 Å². The summed E-state index contributed by atoms with van der Waals surface area (Å²) >= 11 is 10.5. The third-order valence-electron chi connectivity index (χ3n) is 3.68. The zero-order chi connectivity index (χ0) is 16.8. The molecule has 1 unspecified atom stereocenters. The molecule has 1 heterocycles. The maximum absolute atomic E-state index is 5.58. The molecule has 0 aromatic heterocycles.